The molecule has 1 unspecified atom stereocenters. The summed E-state index contributed by atoms with van der Waals surface area (Å²) in [5.41, 5.74) is 8.21. The summed E-state index contributed by atoms with van der Waals surface area (Å²) < 4.78 is 3.29. The average molecular weight is 320 g/mol. The van der Waals surface area contributed by atoms with Gasteiger partial charge in [0.2, 0.25) is 0 Å². The van der Waals surface area contributed by atoms with Crippen LogP contribution in [0.2, 0.25) is 0 Å². The average Bonchev–Trinajstić information content (AvgIpc) is 2.61. The topological polar surface area (TPSA) is 43.8 Å². The van der Waals surface area contributed by atoms with Gasteiger partial charge in [-0.05, 0) is 48.4 Å². The molecule has 2 N–H and O–H groups in total. The van der Waals surface area contributed by atoms with E-state index in [0.717, 1.165) is 36.6 Å². The van der Waals surface area contributed by atoms with Gasteiger partial charge in [0.25, 0.3) is 0 Å². The minimum Gasteiger partial charge on any atom is -0.328 e. The molecule has 0 aliphatic carbocycles. The molecule has 1 heterocycles. The summed E-state index contributed by atoms with van der Waals surface area (Å²) >= 11 is 5.59. The maximum absolute atomic E-state index is 5.74. The number of hydrogen-bond donors (Lipinski definition) is 1. The maximum atomic E-state index is 5.74. The van der Waals surface area contributed by atoms with Crippen molar-refractivity contribution in [3.63, 3.8) is 0 Å². The first-order chi connectivity index (χ1) is 8.10. The van der Waals surface area contributed by atoms with Gasteiger partial charge in [0, 0.05) is 18.3 Å². The van der Waals surface area contributed by atoms with Gasteiger partial charge in [-0.1, -0.05) is 6.92 Å². The highest BCUT2D eigenvalue weighted by Gasteiger charge is 2.13. The Morgan fingerprint density at radius 2 is 2.18 bits per heavy atom. The third-order valence-electron chi connectivity index (χ3n) is 2.65. The van der Waals surface area contributed by atoms with Crippen LogP contribution in [-0.4, -0.2) is 21.6 Å². The highest BCUT2D eigenvalue weighted by molar-refractivity contribution is 9.10. The zero-order chi connectivity index (χ0) is 12.8. The van der Waals surface area contributed by atoms with E-state index in [1.54, 1.807) is 0 Å². The van der Waals surface area contributed by atoms with Crippen LogP contribution in [0.25, 0.3) is 0 Å². The molecule has 1 aromatic heterocycles. The Morgan fingerprint density at radius 1 is 1.47 bits per heavy atom. The number of rotatable bonds is 7. The number of halogens is 1. The lowest BCUT2D eigenvalue weighted by Gasteiger charge is -2.07. The van der Waals surface area contributed by atoms with Gasteiger partial charge in [-0.3, -0.25) is 4.68 Å². The molecule has 5 heteroatoms. The Balaban J connectivity index is 2.59. The summed E-state index contributed by atoms with van der Waals surface area (Å²) in [4.78, 5) is 0. The molecule has 17 heavy (non-hydrogen) atoms. The van der Waals surface area contributed by atoms with Gasteiger partial charge in [-0.2, -0.15) is 16.9 Å². The lowest BCUT2D eigenvalue weighted by Crippen LogP contribution is -2.15. The van der Waals surface area contributed by atoms with E-state index in [2.05, 4.69) is 46.5 Å². The van der Waals surface area contributed by atoms with Crippen molar-refractivity contribution in [1.29, 1.82) is 0 Å². The number of nitrogens with two attached hydrogens (primary N) is 1. The van der Waals surface area contributed by atoms with E-state index in [-0.39, 0.29) is 0 Å². The minimum atomic E-state index is 0.299. The molecule has 0 amide bonds. The molecule has 3 nitrogen and oxygen atoms in total. The third-order valence-corrected chi connectivity index (χ3v) is 4.57. The number of hydrogen-bond acceptors (Lipinski definition) is 3. The van der Waals surface area contributed by atoms with Crippen LogP contribution >= 0.6 is 27.7 Å². The molecular weight excluding hydrogens is 298 g/mol. The molecule has 1 aromatic rings. The Labute approximate surface area is 117 Å². The van der Waals surface area contributed by atoms with Crippen molar-refractivity contribution in [1.82, 2.24) is 9.78 Å². The minimum absolute atomic E-state index is 0.299. The predicted molar refractivity (Wildman–Crippen MR) is 79.4 cm³/mol. The first-order valence-corrected chi connectivity index (χ1v) is 8.12. The molecule has 0 radical (unpaired) electrons. The van der Waals surface area contributed by atoms with Crippen molar-refractivity contribution in [3.8, 4) is 0 Å². The van der Waals surface area contributed by atoms with Gasteiger partial charge in [-0.15, -0.1) is 0 Å². The first kappa shape index (κ1) is 15.1. The molecule has 0 bridgehead atoms. The van der Waals surface area contributed by atoms with Crippen molar-refractivity contribution in [2.75, 3.05) is 5.75 Å². The monoisotopic (exact) mass is 319 g/mol. The number of nitrogens with zero attached hydrogens (tertiary/aromatic N) is 2. The Kier molecular flexibility index (Phi) is 6.59. The highest BCUT2D eigenvalue weighted by atomic mass is 79.9. The lowest BCUT2D eigenvalue weighted by molar-refractivity contribution is 0.627. The molecule has 0 fully saturated rings. The van der Waals surface area contributed by atoms with E-state index in [9.17, 15) is 0 Å². The smallest absolute Gasteiger partial charge is 0.0767 e. The van der Waals surface area contributed by atoms with Crippen LogP contribution in [0, 0.1) is 0 Å². The van der Waals surface area contributed by atoms with E-state index in [1.165, 1.54) is 10.2 Å². The van der Waals surface area contributed by atoms with E-state index in [0.29, 0.717) is 6.04 Å². The van der Waals surface area contributed by atoms with Gasteiger partial charge >= 0.3 is 0 Å². The fraction of sp³-hybridized carbons (Fsp3) is 0.750. The van der Waals surface area contributed by atoms with Gasteiger partial charge in [0.05, 0.1) is 15.9 Å². The fourth-order valence-electron chi connectivity index (χ4n) is 1.59. The molecule has 0 aliphatic rings. The summed E-state index contributed by atoms with van der Waals surface area (Å²) in [6, 6.07) is 0.299. The van der Waals surface area contributed by atoms with Crippen molar-refractivity contribution < 1.29 is 0 Å². The van der Waals surface area contributed by atoms with E-state index >= 15 is 0 Å². The van der Waals surface area contributed by atoms with Crippen LogP contribution in [0.15, 0.2) is 4.47 Å². The van der Waals surface area contributed by atoms with Gasteiger partial charge < -0.3 is 5.73 Å². The van der Waals surface area contributed by atoms with Crippen LogP contribution in [0.1, 0.15) is 38.6 Å². The Hall–Kier alpha value is -0.0000000000000000555. The van der Waals surface area contributed by atoms with Crippen molar-refractivity contribution >= 4 is 27.7 Å². The van der Waals surface area contributed by atoms with E-state index < -0.39 is 0 Å². The number of aryl methyl sites for hydroxylation is 2. The van der Waals surface area contributed by atoms with Crippen LogP contribution in [0.3, 0.4) is 0 Å². The lowest BCUT2D eigenvalue weighted by atomic mass is 10.3. The predicted octanol–water partition coefficient (Wildman–Crippen LogP) is 3.20. The SMILES string of the molecule is CCc1nn(CC)c(CSCCC(C)N)c1Br. The normalized spacial score (nSPS) is 13.0. The molecular formula is C12H22BrN3S. The molecule has 0 spiro atoms. The van der Waals surface area contributed by atoms with Crippen molar-refractivity contribution in [2.45, 2.75) is 52.0 Å². The van der Waals surface area contributed by atoms with Crippen LogP contribution in [0.4, 0.5) is 0 Å². The summed E-state index contributed by atoms with van der Waals surface area (Å²) in [7, 11) is 0. The first-order valence-electron chi connectivity index (χ1n) is 6.17. The van der Waals surface area contributed by atoms with Crippen molar-refractivity contribution in [2.24, 2.45) is 5.73 Å². The van der Waals surface area contributed by atoms with Gasteiger partial charge in [0.15, 0.2) is 0 Å². The summed E-state index contributed by atoms with van der Waals surface area (Å²) in [6.07, 6.45) is 2.05. The molecule has 0 aromatic carbocycles. The summed E-state index contributed by atoms with van der Waals surface area (Å²) in [5.74, 6) is 2.12. The quantitative estimate of drug-likeness (QED) is 0.785. The largest absolute Gasteiger partial charge is 0.328 e. The maximum Gasteiger partial charge on any atom is 0.0767 e. The molecule has 0 saturated heterocycles. The third kappa shape index (κ3) is 4.30. The highest BCUT2D eigenvalue weighted by Crippen LogP contribution is 2.26. The second kappa shape index (κ2) is 7.44. The van der Waals surface area contributed by atoms with Crippen LogP contribution in [0.5, 0.6) is 0 Å². The Morgan fingerprint density at radius 3 is 2.71 bits per heavy atom. The standard InChI is InChI=1S/C12H22BrN3S/c1-4-10-12(13)11(16(5-2)15-10)8-17-7-6-9(3)14/h9H,4-8,14H2,1-3H3. The van der Waals surface area contributed by atoms with E-state index in [1.807, 2.05) is 11.8 Å². The molecule has 1 rings (SSSR count). The van der Waals surface area contributed by atoms with Crippen LogP contribution in [-0.2, 0) is 18.7 Å². The molecule has 1 atom stereocenters. The summed E-state index contributed by atoms with van der Waals surface area (Å²) in [6.45, 7) is 7.26. The molecule has 0 aliphatic heterocycles. The zero-order valence-corrected chi connectivity index (χ0v) is 13.3. The summed E-state index contributed by atoms with van der Waals surface area (Å²) in [5, 5.41) is 4.59. The van der Waals surface area contributed by atoms with Crippen molar-refractivity contribution in [3.05, 3.63) is 15.9 Å². The van der Waals surface area contributed by atoms with Gasteiger partial charge in [-0.25, -0.2) is 0 Å². The number of aromatic nitrogens is 2. The second-order valence-corrected chi connectivity index (χ2v) is 6.09. The van der Waals surface area contributed by atoms with E-state index in [4.69, 9.17) is 5.73 Å². The zero-order valence-electron chi connectivity index (χ0n) is 10.9. The van der Waals surface area contributed by atoms with Gasteiger partial charge in [0.1, 0.15) is 0 Å². The Bertz CT molecular complexity index is 350. The fourth-order valence-corrected chi connectivity index (χ4v) is 3.65. The second-order valence-electron chi connectivity index (χ2n) is 4.20. The molecule has 0 saturated carbocycles. The number of thioether (sulfide) groups is 1. The molecule has 98 valence electrons. The van der Waals surface area contributed by atoms with Crippen LogP contribution < -0.4 is 5.73 Å².